The van der Waals surface area contributed by atoms with Crippen molar-refractivity contribution >= 4 is 0 Å². The Balaban J connectivity index is 1.72. The maximum atomic E-state index is 6.14. The quantitative estimate of drug-likeness (QED) is 0.874. The Morgan fingerprint density at radius 1 is 1.14 bits per heavy atom. The van der Waals surface area contributed by atoms with E-state index in [0.717, 1.165) is 54.4 Å². The molecule has 2 aliphatic heterocycles. The van der Waals surface area contributed by atoms with Crippen LogP contribution in [0.1, 0.15) is 31.1 Å². The minimum Gasteiger partial charge on any atom is -0.490 e. The predicted octanol–water partition coefficient (Wildman–Crippen LogP) is 2.51. The summed E-state index contributed by atoms with van der Waals surface area (Å²) >= 11 is 0. The minimum absolute atomic E-state index is 0.0490. The number of nitrogens with two attached hydrogens (primary N) is 1. The van der Waals surface area contributed by atoms with E-state index in [1.54, 1.807) is 0 Å². The van der Waals surface area contributed by atoms with Gasteiger partial charge in [0.1, 0.15) is 5.82 Å². The molecule has 1 aromatic carbocycles. The first-order valence-electron chi connectivity index (χ1n) is 7.54. The van der Waals surface area contributed by atoms with Crippen molar-refractivity contribution in [3.8, 4) is 22.8 Å². The van der Waals surface area contributed by atoms with Gasteiger partial charge in [0.05, 0.1) is 24.9 Å². The van der Waals surface area contributed by atoms with E-state index in [0.29, 0.717) is 13.2 Å². The highest BCUT2D eigenvalue weighted by Crippen LogP contribution is 2.35. The third-order valence-corrected chi connectivity index (χ3v) is 4.10. The largest absolute Gasteiger partial charge is 0.490 e. The Kier molecular flexibility index (Phi) is 3.07. The molecular formula is C16H19N3O2. The molecule has 2 aromatic rings. The molecule has 0 spiro atoms. The second-order valence-electron chi connectivity index (χ2n) is 5.64. The van der Waals surface area contributed by atoms with Gasteiger partial charge in [-0.05, 0) is 31.0 Å². The summed E-state index contributed by atoms with van der Waals surface area (Å²) in [6.07, 6.45) is 5.13. The van der Waals surface area contributed by atoms with Gasteiger partial charge in [-0.15, -0.1) is 0 Å². The van der Waals surface area contributed by atoms with Gasteiger partial charge in [0.2, 0.25) is 0 Å². The highest BCUT2D eigenvalue weighted by atomic mass is 16.5. The van der Waals surface area contributed by atoms with Crippen molar-refractivity contribution in [1.82, 2.24) is 9.55 Å². The van der Waals surface area contributed by atoms with Crippen LogP contribution < -0.4 is 15.2 Å². The summed E-state index contributed by atoms with van der Waals surface area (Å²) < 4.78 is 13.6. The number of fused-ring (bicyclic) bond motifs is 2. The lowest BCUT2D eigenvalue weighted by Gasteiger charge is -2.19. The molecule has 0 amide bonds. The van der Waals surface area contributed by atoms with Crippen LogP contribution in [-0.2, 0) is 6.54 Å². The summed E-state index contributed by atoms with van der Waals surface area (Å²) in [5, 5.41) is 0. The lowest BCUT2D eigenvalue weighted by atomic mass is 10.1. The molecule has 1 aromatic heterocycles. The van der Waals surface area contributed by atoms with Crippen molar-refractivity contribution < 1.29 is 9.47 Å². The van der Waals surface area contributed by atoms with E-state index in [1.807, 2.05) is 18.2 Å². The van der Waals surface area contributed by atoms with E-state index in [1.165, 1.54) is 0 Å². The van der Waals surface area contributed by atoms with Crippen LogP contribution >= 0.6 is 0 Å². The second kappa shape index (κ2) is 5.07. The third kappa shape index (κ3) is 2.27. The molecule has 2 aliphatic rings. The zero-order valence-corrected chi connectivity index (χ0v) is 11.9. The van der Waals surface area contributed by atoms with E-state index in [2.05, 4.69) is 10.8 Å². The Bertz CT molecular complexity index is 666. The van der Waals surface area contributed by atoms with Crippen LogP contribution in [0.3, 0.4) is 0 Å². The molecule has 3 heterocycles. The number of rotatable bonds is 1. The molecule has 5 heteroatoms. The fourth-order valence-electron chi connectivity index (χ4n) is 2.98. The van der Waals surface area contributed by atoms with Crippen molar-refractivity contribution in [2.75, 3.05) is 13.2 Å². The van der Waals surface area contributed by atoms with Crippen molar-refractivity contribution in [1.29, 1.82) is 0 Å². The molecule has 0 saturated heterocycles. The molecular weight excluding hydrogens is 266 g/mol. The number of nitrogens with zero attached hydrogens (tertiary/aromatic N) is 2. The van der Waals surface area contributed by atoms with Crippen LogP contribution in [0.15, 0.2) is 24.4 Å². The van der Waals surface area contributed by atoms with Gasteiger partial charge in [-0.25, -0.2) is 4.98 Å². The molecule has 21 heavy (non-hydrogen) atoms. The average Bonchev–Trinajstić information content (AvgIpc) is 2.80. The first-order chi connectivity index (χ1) is 10.3. The summed E-state index contributed by atoms with van der Waals surface area (Å²) in [7, 11) is 0. The molecule has 0 saturated carbocycles. The number of aromatic nitrogens is 2. The maximum absolute atomic E-state index is 6.14. The average molecular weight is 285 g/mol. The Hall–Kier alpha value is -2.01. The van der Waals surface area contributed by atoms with Gasteiger partial charge >= 0.3 is 0 Å². The lowest BCUT2D eigenvalue weighted by Crippen LogP contribution is -2.21. The van der Waals surface area contributed by atoms with E-state index in [-0.39, 0.29) is 6.04 Å². The SMILES string of the molecule is NC1CCCn2cc(-c3ccc4c(c3)OCCCO4)nc21. The summed E-state index contributed by atoms with van der Waals surface area (Å²) in [5.74, 6) is 2.61. The van der Waals surface area contributed by atoms with Gasteiger partial charge in [-0.1, -0.05) is 0 Å². The predicted molar refractivity (Wildman–Crippen MR) is 79.4 cm³/mol. The van der Waals surface area contributed by atoms with Crippen LogP contribution in [0, 0.1) is 0 Å². The standard InChI is InChI=1S/C16H19N3O2/c17-12-3-1-6-19-10-13(18-16(12)19)11-4-5-14-15(9-11)21-8-2-7-20-14/h4-5,9-10,12H,1-3,6-8,17H2. The van der Waals surface area contributed by atoms with Gasteiger partial charge in [0, 0.05) is 24.7 Å². The molecule has 1 unspecified atom stereocenters. The van der Waals surface area contributed by atoms with Crippen LogP contribution in [0.25, 0.3) is 11.3 Å². The topological polar surface area (TPSA) is 62.3 Å². The van der Waals surface area contributed by atoms with Crippen LogP contribution in [0.4, 0.5) is 0 Å². The first kappa shape index (κ1) is 12.7. The monoisotopic (exact) mass is 285 g/mol. The van der Waals surface area contributed by atoms with Gasteiger partial charge < -0.3 is 19.8 Å². The second-order valence-corrected chi connectivity index (χ2v) is 5.64. The number of ether oxygens (including phenoxy) is 2. The molecule has 0 bridgehead atoms. The van der Waals surface area contributed by atoms with Crippen molar-refractivity contribution in [3.05, 3.63) is 30.2 Å². The zero-order chi connectivity index (χ0) is 14.2. The van der Waals surface area contributed by atoms with Crippen LogP contribution in [0.2, 0.25) is 0 Å². The number of hydrogen-bond acceptors (Lipinski definition) is 4. The zero-order valence-electron chi connectivity index (χ0n) is 11.9. The first-order valence-corrected chi connectivity index (χ1v) is 7.54. The molecule has 110 valence electrons. The Labute approximate surface area is 123 Å². The van der Waals surface area contributed by atoms with Crippen LogP contribution in [0.5, 0.6) is 11.5 Å². The van der Waals surface area contributed by atoms with E-state index in [4.69, 9.17) is 20.2 Å². The molecule has 0 radical (unpaired) electrons. The molecule has 2 N–H and O–H groups in total. The summed E-state index contributed by atoms with van der Waals surface area (Å²) in [5.41, 5.74) is 8.15. The summed E-state index contributed by atoms with van der Waals surface area (Å²) in [6, 6.07) is 6.07. The van der Waals surface area contributed by atoms with Gasteiger partial charge in [0.15, 0.2) is 11.5 Å². The van der Waals surface area contributed by atoms with Gasteiger partial charge in [-0.2, -0.15) is 0 Å². The summed E-state index contributed by atoms with van der Waals surface area (Å²) in [6.45, 7) is 2.40. The molecule has 0 fully saturated rings. The number of aryl methyl sites for hydroxylation is 1. The van der Waals surface area contributed by atoms with Crippen LogP contribution in [-0.4, -0.2) is 22.8 Å². The minimum atomic E-state index is 0.0490. The van der Waals surface area contributed by atoms with E-state index in [9.17, 15) is 0 Å². The maximum Gasteiger partial charge on any atom is 0.161 e. The van der Waals surface area contributed by atoms with Gasteiger partial charge in [0.25, 0.3) is 0 Å². The smallest absolute Gasteiger partial charge is 0.161 e. The third-order valence-electron chi connectivity index (χ3n) is 4.10. The fraction of sp³-hybridized carbons (Fsp3) is 0.438. The number of hydrogen-bond donors (Lipinski definition) is 1. The molecule has 1 atom stereocenters. The Morgan fingerprint density at radius 2 is 2.00 bits per heavy atom. The molecule has 0 aliphatic carbocycles. The summed E-state index contributed by atoms with van der Waals surface area (Å²) in [4.78, 5) is 4.72. The molecule has 4 rings (SSSR count). The fourth-order valence-corrected chi connectivity index (χ4v) is 2.98. The number of benzene rings is 1. The lowest BCUT2D eigenvalue weighted by molar-refractivity contribution is 0.297. The Morgan fingerprint density at radius 3 is 2.86 bits per heavy atom. The van der Waals surface area contributed by atoms with Crippen molar-refractivity contribution in [2.24, 2.45) is 5.73 Å². The van der Waals surface area contributed by atoms with Gasteiger partial charge in [-0.3, -0.25) is 0 Å². The van der Waals surface area contributed by atoms with E-state index >= 15 is 0 Å². The van der Waals surface area contributed by atoms with E-state index < -0.39 is 0 Å². The molecule has 5 nitrogen and oxygen atoms in total. The normalized spacial score (nSPS) is 20.7. The van der Waals surface area contributed by atoms with Crippen molar-refractivity contribution in [2.45, 2.75) is 31.8 Å². The highest BCUT2D eigenvalue weighted by Gasteiger charge is 2.21. The number of imidazole rings is 1. The van der Waals surface area contributed by atoms with Crippen molar-refractivity contribution in [3.63, 3.8) is 0 Å². The highest BCUT2D eigenvalue weighted by molar-refractivity contribution is 5.64.